The Morgan fingerprint density at radius 2 is 1.65 bits per heavy atom. The molecule has 0 amide bonds. The monoisotopic (exact) mass is 287 g/mol. The van der Waals surface area contributed by atoms with Gasteiger partial charge in [0, 0.05) is 17.5 Å². The Morgan fingerprint density at radius 3 is 2.25 bits per heavy atom. The Morgan fingerprint density at radius 1 is 0.950 bits per heavy atom. The molecule has 2 heteroatoms. The van der Waals surface area contributed by atoms with Crippen LogP contribution in [0.3, 0.4) is 0 Å². The van der Waals surface area contributed by atoms with E-state index in [1.54, 1.807) is 0 Å². The first-order valence-corrected chi connectivity index (χ1v) is 8.35. The fourth-order valence-corrected chi connectivity index (χ4v) is 3.19. The van der Waals surface area contributed by atoms with Gasteiger partial charge in [-0.25, -0.2) is 0 Å². The summed E-state index contributed by atoms with van der Waals surface area (Å²) in [5, 5.41) is 5.75. The topological polar surface area (TPSA) is 12.0 Å². The maximum Gasteiger partial charge on any atom is 0.0208 e. The van der Waals surface area contributed by atoms with Crippen LogP contribution < -0.4 is 5.32 Å². The van der Waals surface area contributed by atoms with E-state index in [1.165, 1.54) is 22.4 Å². The minimum Gasteiger partial charge on any atom is -0.310 e. The average molecular weight is 287 g/mol. The van der Waals surface area contributed by atoms with Crippen LogP contribution in [0.1, 0.15) is 36.8 Å². The summed E-state index contributed by atoms with van der Waals surface area (Å²) < 4.78 is 0. The van der Waals surface area contributed by atoms with Gasteiger partial charge in [0.25, 0.3) is 0 Å². The number of thiophene rings is 1. The summed E-state index contributed by atoms with van der Waals surface area (Å²) >= 11 is 1.84. The van der Waals surface area contributed by atoms with E-state index in [1.807, 2.05) is 11.3 Å². The van der Waals surface area contributed by atoms with E-state index >= 15 is 0 Å². The summed E-state index contributed by atoms with van der Waals surface area (Å²) in [6, 6.07) is 13.9. The molecule has 1 aromatic carbocycles. The summed E-state index contributed by atoms with van der Waals surface area (Å²) in [5.74, 6) is 0.727. The van der Waals surface area contributed by atoms with Crippen molar-refractivity contribution in [2.24, 2.45) is 5.92 Å². The summed E-state index contributed by atoms with van der Waals surface area (Å²) in [4.78, 5) is 1.46. The Hall–Kier alpha value is -1.12. The Kier molecular flexibility index (Phi) is 5.81. The molecular formula is C18H25NS. The van der Waals surface area contributed by atoms with Crippen LogP contribution >= 0.6 is 11.3 Å². The van der Waals surface area contributed by atoms with E-state index in [-0.39, 0.29) is 0 Å². The van der Waals surface area contributed by atoms with Crippen LogP contribution in [-0.4, -0.2) is 6.04 Å². The number of hydrogen-bond acceptors (Lipinski definition) is 2. The second-order valence-electron chi connectivity index (χ2n) is 5.98. The van der Waals surface area contributed by atoms with Crippen LogP contribution in [0.15, 0.2) is 41.8 Å². The molecule has 0 aliphatic heterocycles. The summed E-state index contributed by atoms with van der Waals surface area (Å²) in [5.41, 5.74) is 2.81. The number of nitrogens with one attached hydrogen (secondary N) is 1. The van der Waals surface area contributed by atoms with Gasteiger partial charge in [-0.05, 0) is 48.3 Å². The Bertz CT molecular complexity index is 485. The van der Waals surface area contributed by atoms with Crippen molar-refractivity contribution in [2.75, 3.05) is 0 Å². The molecule has 0 spiro atoms. The van der Waals surface area contributed by atoms with Crippen molar-refractivity contribution in [3.05, 3.63) is 57.8 Å². The van der Waals surface area contributed by atoms with Crippen LogP contribution in [-0.2, 0) is 19.4 Å². The van der Waals surface area contributed by atoms with E-state index < -0.39 is 0 Å². The maximum atomic E-state index is 3.60. The lowest BCUT2D eigenvalue weighted by Crippen LogP contribution is -2.27. The van der Waals surface area contributed by atoms with Gasteiger partial charge in [0.15, 0.2) is 0 Å². The summed E-state index contributed by atoms with van der Waals surface area (Å²) in [6.07, 6.45) is 2.28. The first kappa shape index (κ1) is 15.3. The molecule has 0 saturated heterocycles. The molecule has 2 rings (SSSR count). The maximum absolute atomic E-state index is 3.60. The standard InChI is InChI=1S/C18H25NS/c1-14(2)11-16-6-8-17(9-7-16)13-19-15(3)12-18-5-4-10-20-18/h4-10,14-15,19H,11-13H2,1-3H3. The third kappa shape index (κ3) is 5.10. The third-order valence-corrected chi connectivity index (χ3v) is 4.31. The molecule has 0 radical (unpaired) electrons. The van der Waals surface area contributed by atoms with Crippen molar-refractivity contribution in [1.29, 1.82) is 0 Å². The highest BCUT2D eigenvalue weighted by atomic mass is 32.1. The van der Waals surface area contributed by atoms with Crippen LogP contribution in [0.2, 0.25) is 0 Å². The van der Waals surface area contributed by atoms with E-state index in [2.05, 4.69) is 67.9 Å². The average Bonchev–Trinajstić information content (AvgIpc) is 2.90. The van der Waals surface area contributed by atoms with Gasteiger partial charge in [-0.3, -0.25) is 0 Å². The number of rotatable bonds is 7. The molecule has 0 fully saturated rings. The second kappa shape index (κ2) is 7.61. The van der Waals surface area contributed by atoms with E-state index in [4.69, 9.17) is 0 Å². The minimum atomic E-state index is 0.518. The highest BCUT2D eigenvalue weighted by Gasteiger charge is 2.04. The summed E-state index contributed by atoms with van der Waals surface area (Å²) in [6.45, 7) is 7.74. The van der Waals surface area contributed by atoms with Gasteiger partial charge in [0.05, 0.1) is 0 Å². The molecule has 0 aliphatic rings. The van der Waals surface area contributed by atoms with E-state index in [0.717, 1.165) is 18.9 Å². The predicted octanol–water partition coefficient (Wildman–Crippen LogP) is 4.67. The molecule has 1 heterocycles. The number of hydrogen-bond donors (Lipinski definition) is 1. The van der Waals surface area contributed by atoms with Gasteiger partial charge < -0.3 is 5.32 Å². The van der Waals surface area contributed by atoms with Crippen LogP contribution in [0, 0.1) is 5.92 Å². The van der Waals surface area contributed by atoms with Gasteiger partial charge >= 0.3 is 0 Å². The van der Waals surface area contributed by atoms with Gasteiger partial charge in [0.2, 0.25) is 0 Å². The largest absolute Gasteiger partial charge is 0.310 e. The van der Waals surface area contributed by atoms with Crippen LogP contribution in [0.5, 0.6) is 0 Å². The van der Waals surface area contributed by atoms with Crippen molar-refractivity contribution < 1.29 is 0 Å². The van der Waals surface area contributed by atoms with Crippen LogP contribution in [0.25, 0.3) is 0 Å². The lowest BCUT2D eigenvalue weighted by molar-refractivity contribution is 0.548. The molecule has 1 nitrogen and oxygen atoms in total. The smallest absolute Gasteiger partial charge is 0.0208 e. The van der Waals surface area contributed by atoms with Crippen LogP contribution in [0.4, 0.5) is 0 Å². The van der Waals surface area contributed by atoms with Crippen molar-refractivity contribution in [3.63, 3.8) is 0 Å². The SMILES string of the molecule is CC(C)Cc1ccc(CNC(C)Cc2cccs2)cc1. The molecule has 20 heavy (non-hydrogen) atoms. The quantitative estimate of drug-likeness (QED) is 0.780. The molecular weight excluding hydrogens is 262 g/mol. The van der Waals surface area contributed by atoms with Crippen molar-refractivity contribution in [1.82, 2.24) is 5.32 Å². The summed E-state index contributed by atoms with van der Waals surface area (Å²) in [7, 11) is 0. The molecule has 0 aliphatic carbocycles. The highest BCUT2D eigenvalue weighted by Crippen LogP contribution is 2.12. The van der Waals surface area contributed by atoms with Crippen molar-refractivity contribution in [3.8, 4) is 0 Å². The first-order chi connectivity index (χ1) is 9.63. The van der Waals surface area contributed by atoms with Crippen molar-refractivity contribution >= 4 is 11.3 Å². The Labute approximate surface area is 127 Å². The molecule has 1 atom stereocenters. The molecule has 0 saturated carbocycles. The molecule has 108 valence electrons. The van der Waals surface area contributed by atoms with E-state index in [0.29, 0.717) is 6.04 Å². The van der Waals surface area contributed by atoms with Gasteiger partial charge in [0.1, 0.15) is 0 Å². The lowest BCUT2D eigenvalue weighted by Gasteiger charge is -2.13. The van der Waals surface area contributed by atoms with E-state index in [9.17, 15) is 0 Å². The fourth-order valence-electron chi connectivity index (χ4n) is 2.36. The lowest BCUT2D eigenvalue weighted by atomic mass is 10.0. The normalized spacial score (nSPS) is 12.8. The zero-order chi connectivity index (χ0) is 14.4. The van der Waals surface area contributed by atoms with Crippen molar-refractivity contribution in [2.45, 2.75) is 46.2 Å². The molecule has 0 bridgehead atoms. The predicted molar refractivity (Wildman–Crippen MR) is 89.3 cm³/mol. The zero-order valence-corrected chi connectivity index (χ0v) is 13.5. The third-order valence-electron chi connectivity index (χ3n) is 3.41. The van der Waals surface area contributed by atoms with Gasteiger partial charge in [-0.1, -0.05) is 44.2 Å². The Balaban J connectivity index is 1.78. The first-order valence-electron chi connectivity index (χ1n) is 7.47. The molecule has 1 aromatic heterocycles. The zero-order valence-electron chi connectivity index (χ0n) is 12.7. The second-order valence-corrected chi connectivity index (χ2v) is 7.01. The highest BCUT2D eigenvalue weighted by molar-refractivity contribution is 7.09. The van der Waals surface area contributed by atoms with Gasteiger partial charge in [-0.2, -0.15) is 0 Å². The molecule has 1 unspecified atom stereocenters. The fraction of sp³-hybridized carbons (Fsp3) is 0.444. The number of benzene rings is 1. The van der Waals surface area contributed by atoms with Gasteiger partial charge in [-0.15, -0.1) is 11.3 Å². The molecule has 2 aromatic rings. The minimum absolute atomic E-state index is 0.518. The molecule has 1 N–H and O–H groups in total.